The zero-order valence-electron chi connectivity index (χ0n) is 8.76. The average molecular weight is 190 g/mol. The molecular formula is C12H14O2. The van der Waals surface area contributed by atoms with Crippen LogP contribution in [0, 0.1) is 6.92 Å². The van der Waals surface area contributed by atoms with Gasteiger partial charge in [-0.25, -0.2) is 0 Å². The number of benzene rings is 1. The zero-order valence-corrected chi connectivity index (χ0v) is 8.76. The van der Waals surface area contributed by atoms with E-state index < -0.39 is 0 Å². The van der Waals surface area contributed by atoms with Gasteiger partial charge in [0.05, 0.1) is 0 Å². The molecule has 74 valence electrons. The maximum Gasteiger partial charge on any atom is 0.159 e. The van der Waals surface area contributed by atoms with Gasteiger partial charge in [-0.1, -0.05) is 0 Å². The molecule has 2 nitrogen and oxygen atoms in total. The van der Waals surface area contributed by atoms with Gasteiger partial charge in [0.25, 0.3) is 0 Å². The number of aryl methyl sites for hydroxylation is 1. The van der Waals surface area contributed by atoms with Gasteiger partial charge in [-0.2, -0.15) is 0 Å². The minimum Gasteiger partial charge on any atom is -0.490 e. The Morgan fingerprint density at radius 1 is 1.50 bits per heavy atom. The molecule has 0 spiro atoms. The van der Waals surface area contributed by atoms with Gasteiger partial charge in [-0.05, 0) is 44.0 Å². The van der Waals surface area contributed by atoms with E-state index in [1.807, 2.05) is 26.0 Å². The Morgan fingerprint density at radius 3 is 2.86 bits per heavy atom. The smallest absolute Gasteiger partial charge is 0.159 e. The van der Waals surface area contributed by atoms with Crippen molar-refractivity contribution in [2.24, 2.45) is 0 Å². The molecule has 0 saturated heterocycles. The predicted molar refractivity (Wildman–Crippen MR) is 55.0 cm³/mol. The van der Waals surface area contributed by atoms with Crippen molar-refractivity contribution in [2.75, 3.05) is 0 Å². The summed E-state index contributed by atoms with van der Waals surface area (Å²) in [5, 5.41) is 0. The molecule has 14 heavy (non-hydrogen) atoms. The molecule has 1 heterocycles. The molecule has 0 N–H and O–H groups in total. The van der Waals surface area contributed by atoms with Crippen LogP contribution in [0.4, 0.5) is 0 Å². The fourth-order valence-electron chi connectivity index (χ4n) is 1.92. The Labute approximate surface area is 83.9 Å². The molecule has 0 saturated carbocycles. The lowest BCUT2D eigenvalue weighted by atomic mass is 10.0. The molecule has 1 aromatic rings. The number of rotatable bonds is 1. The molecule has 1 aliphatic heterocycles. The fourth-order valence-corrected chi connectivity index (χ4v) is 1.92. The quantitative estimate of drug-likeness (QED) is 0.636. The van der Waals surface area contributed by atoms with Gasteiger partial charge in [0, 0.05) is 12.0 Å². The third kappa shape index (κ3) is 1.41. The number of hydrogen-bond donors (Lipinski definition) is 0. The summed E-state index contributed by atoms with van der Waals surface area (Å²) < 4.78 is 5.66. The third-order valence-corrected chi connectivity index (χ3v) is 2.58. The van der Waals surface area contributed by atoms with Crippen LogP contribution < -0.4 is 4.74 Å². The molecule has 0 amide bonds. The van der Waals surface area contributed by atoms with Crippen LogP contribution in [0.3, 0.4) is 0 Å². The summed E-state index contributed by atoms with van der Waals surface area (Å²) in [4.78, 5) is 11.2. The topological polar surface area (TPSA) is 26.3 Å². The number of ether oxygens (including phenoxy) is 1. The number of hydrogen-bond acceptors (Lipinski definition) is 2. The van der Waals surface area contributed by atoms with E-state index >= 15 is 0 Å². The van der Waals surface area contributed by atoms with E-state index in [1.54, 1.807) is 6.92 Å². The molecule has 1 unspecified atom stereocenters. The molecule has 2 rings (SSSR count). The number of ketones is 1. The van der Waals surface area contributed by atoms with E-state index in [2.05, 4.69) is 0 Å². The van der Waals surface area contributed by atoms with Crippen molar-refractivity contribution in [1.82, 2.24) is 0 Å². The van der Waals surface area contributed by atoms with Crippen LogP contribution in [-0.2, 0) is 6.42 Å². The van der Waals surface area contributed by atoms with Crippen molar-refractivity contribution in [1.29, 1.82) is 0 Å². The highest BCUT2D eigenvalue weighted by molar-refractivity contribution is 5.94. The first-order valence-electron chi connectivity index (χ1n) is 4.89. The molecule has 0 radical (unpaired) electrons. The summed E-state index contributed by atoms with van der Waals surface area (Å²) in [6.45, 7) is 5.64. The Morgan fingerprint density at radius 2 is 2.21 bits per heavy atom. The summed E-state index contributed by atoms with van der Waals surface area (Å²) in [6, 6.07) is 3.85. The minimum atomic E-state index is 0.121. The molecule has 1 atom stereocenters. The van der Waals surface area contributed by atoms with Crippen molar-refractivity contribution >= 4 is 5.78 Å². The van der Waals surface area contributed by atoms with Crippen LogP contribution in [-0.4, -0.2) is 11.9 Å². The first kappa shape index (κ1) is 9.25. The van der Waals surface area contributed by atoms with E-state index in [0.717, 1.165) is 23.3 Å². The van der Waals surface area contributed by atoms with Crippen LogP contribution in [0.15, 0.2) is 12.1 Å². The molecule has 1 aromatic carbocycles. The first-order valence-corrected chi connectivity index (χ1v) is 4.89. The number of carbonyl (C=O) groups is 1. The molecule has 0 aromatic heterocycles. The van der Waals surface area contributed by atoms with E-state index in [4.69, 9.17) is 4.74 Å². The van der Waals surface area contributed by atoms with Gasteiger partial charge in [0.1, 0.15) is 11.9 Å². The lowest BCUT2D eigenvalue weighted by molar-refractivity contribution is 0.101. The highest BCUT2D eigenvalue weighted by Gasteiger charge is 2.21. The van der Waals surface area contributed by atoms with Gasteiger partial charge in [0.15, 0.2) is 5.78 Å². The van der Waals surface area contributed by atoms with E-state index in [-0.39, 0.29) is 11.9 Å². The van der Waals surface area contributed by atoms with Crippen molar-refractivity contribution in [3.05, 3.63) is 28.8 Å². The van der Waals surface area contributed by atoms with E-state index in [0.29, 0.717) is 0 Å². The van der Waals surface area contributed by atoms with E-state index in [9.17, 15) is 4.79 Å². The zero-order chi connectivity index (χ0) is 10.3. The minimum absolute atomic E-state index is 0.121. The number of Topliss-reactive ketones (excluding diaryl/α,β-unsaturated/α-hetero) is 1. The SMILES string of the molecule is CC(=O)c1cc(C)c2c(c1)CC(C)O2. The summed E-state index contributed by atoms with van der Waals surface area (Å²) in [6.07, 6.45) is 1.16. The van der Waals surface area contributed by atoms with Gasteiger partial charge in [-0.15, -0.1) is 0 Å². The Balaban J connectivity index is 2.51. The van der Waals surface area contributed by atoms with Gasteiger partial charge < -0.3 is 4.74 Å². The van der Waals surface area contributed by atoms with Crippen LogP contribution in [0.25, 0.3) is 0 Å². The van der Waals surface area contributed by atoms with Crippen LogP contribution in [0.5, 0.6) is 5.75 Å². The molecule has 1 aliphatic rings. The molecule has 0 aliphatic carbocycles. The Hall–Kier alpha value is -1.31. The van der Waals surface area contributed by atoms with Gasteiger partial charge >= 0.3 is 0 Å². The molecular weight excluding hydrogens is 176 g/mol. The third-order valence-electron chi connectivity index (χ3n) is 2.58. The second-order valence-electron chi connectivity index (χ2n) is 3.97. The largest absolute Gasteiger partial charge is 0.490 e. The highest BCUT2D eigenvalue weighted by atomic mass is 16.5. The highest BCUT2D eigenvalue weighted by Crippen LogP contribution is 2.33. The lowest BCUT2D eigenvalue weighted by Gasteiger charge is -2.06. The monoisotopic (exact) mass is 190 g/mol. The maximum atomic E-state index is 11.2. The molecule has 2 heteroatoms. The standard InChI is InChI=1S/C12H14O2/c1-7-4-10(9(3)13)6-11-5-8(2)14-12(7)11/h4,6,8H,5H2,1-3H3. The van der Waals surface area contributed by atoms with Crippen molar-refractivity contribution in [2.45, 2.75) is 33.3 Å². The predicted octanol–water partition coefficient (Wildman–Crippen LogP) is 2.52. The van der Waals surface area contributed by atoms with Crippen molar-refractivity contribution in [3.8, 4) is 5.75 Å². The molecule has 0 fully saturated rings. The summed E-state index contributed by atoms with van der Waals surface area (Å²) in [7, 11) is 0. The Kier molecular flexibility index (Phi) is 2.06. The second kappa shape index (κ2) is 3.12. The van der Waals surface area contributed by atoms with Gasteiger partial charge in [-0.3, -0.25) is 4.79 Å². The summed E-state index contributed by atoms with van der Waals surface area (Å²) in [5.41, 5.74) is 3.03. The summed E-state index contributed by atoms with van der Waals surface area (Å²) in [5.74, 6) is 1.10. The summed E-state index contributed by atoms with van der Waals surface area (Å²) >= 11 is 0. The van der Waals surface area contributed by atoms with Crippen molar-refractivity contribution < 1.29 is 9.53 Å². The average Bonchev–Trinajstić information content (AvgIpc) is 2.45. The van der Waals surface area contributed by atoms with Crippen LogP contribution in [0.2, 0.25) is 0 Å². The second-order valence-corrected chi connectivity index (χ2v) is 3.97. The maximum absolute atomic E-state index is 11.2. The van der Waals surface area contributed by atoms with E-state index in [1.165, 1.54) is 5.56 Å². The lowest BCUT2D eigenvalue weighted by Crippen LogP contribution is -2.05. The van der Waals surface area contributed by atoms with Crippen molar-refractivity contribution in [3.63, 3.8) is 0 Å². The van der Waals surface area contributed by atoms with Gasteiger partial charge in [0.2, 0.25) is 0 Å². The number of fused-ring (bicyclic) bond motifs is 1. The molecule has 0 bridgehead atoms. The van der Waals surface area contributed by atoms with Crippen LogP contribution in [0.1, 0.15) is 35.3 Å². The van der Waals surface area contributed by atoms with Crippen LogP contribution >= 0.6 is 0 Å². The first-order chi connectivity index (χ1) is 6.58. The normalized spacial score (nSPS) is 18.9. The fraction of sp³-hybridized carbons (Fsp3) is 0.417. The number of carbonyl (C=O) groups excluding carboxylic acids is 1. The Bertz CT molecular complexity index is 394.